The van der Waals surface area contributed by atoms with Crippen molar-refractivity contribution in [1.29, 1.82) is 0 Å². The van der Waals surface area contributed by atoms with Gasteiger partial charge in [0.15, 0.2) is 5.82 Å². The van der Waals surface area contributed by atoms with Crippen LogP contribution in [0, 0.1) is 0 Å². The number of imidazole rings is 1. The Labute approximate surface area is 115 Å². The molecule has 1 aromatic rings. The van der Waals surface area contributed by atoms with E-state index in [9.17, 15) is 4.79 Å². The number of hydrazine groups is 1. The molecule has 2 amide bonds. The standard InChI is InChI=1S/C6H9N5O.C4H8N4/c1-10-2-4-5(9-3-8-4)11(7)6(10)12;5-3-1-2-7-4(6)8-3/h3H,2,7H2,1H3,(H,8,9);1-2H2,(H4,5,6,7,8). The number of amides is 2. The largest absolute Gasteiger partial charge is 0.387 e. The van der Waals surface area contributed by atoms with Crippen LogP contribution in [-0.4, -0.2) is 46.3 Å². The number of carbonyl (C=O) groups excluding carboxylic acids is 1. The maximum Gasteiger partial charge on any atom is 0.340 e. The van der Waals surface area contributed by atoms with Crippen molar-refractivity contribution < 1.29 is 4.79 Å². The molecule has 108 valence electrons. The highest BCUT2D eigenvalue weighted by Gasteiger charge is 2.27. The zero-order chi connectivity index (χ0) is 14.7. The van der Waals surface area contributed by atoms with Crippen LogP contribution in [0.1, 0.15) is 12.1 Å². The number of urea groups is 1. The second-order valence-electron chi connectivity index (χ2n) is 4.31. The second-order valence-corrected chi connectivity index (χ2v) is 4.31. The van der Waals surface area contributed by atoms with E-state index in [1.807, 2.05) is 0 Å². The molecule has 0 aliphatic carbocycles. The first-order valence-corrected chi connectivity index (χ1v) is 5.94. The Kier molecular flexibility index (Phi) is 3.84. The van der Waals surface area contributed by atoms with Crippen LogP contribution < -0.4 is 22.3 Å². The molecule has 3 heterocycles. The minimum absolute atomic E-state index is 0.241. The summed E-state index contributed by atoms with van der Waals surface area (Å²) in [5.74, 6) is 6.88. The van der Waals surface area contributed by atoms with Crippen LogP contribution in [0.4, 0.5) is 10.6 Å². The first kappa shape index (κ1) is 13.8. The zero-order valence-corrected chi connectivity index (χ0v) is 11.1. The maximum absolute atomic E-state index is 11.3. The number of nitrogens with zero attached hydrogens (tertiary/aromatic N) is 5. The Hall–Kier alpha value is -2.62. The van der Waals surface area contributed by atoms with Gasteiger partial charge in [-0.15, -0.1) is 0 Å². The number of hydrogen-bond acceptors (Lipinski definition) is 7. The molecule has 0 atom stereocenters. The molecule has 0 saturated heterocycles. The predicted octanol–water partition coefficient (Wildman–Crippen LogP) is -1.28. The fraction of sp³-hybridized carbons (Fsp3) is 0.400. The van der Waals surface area contributed by atoms with Crippen LogP contribution >= 0.6 is 0 Å². The number of aliphatic imine (C=N–C) groups is 2. The van der Waals surface area contributed by atoms with Crippen LogP contribution in [0.3, 0.4) is 0 Å². The molecule has 0 radical (unpaired) electrons. The van der Waals surface area contributed by atoms with Crippen molar-refractivity contribution >= 4 is 23.6 Å². The van der Waals surface area contributed by atoms with Crippen LogP contribution in [0.5, 0.6) is 0 Å². The number of amidine groups is 1. The molecule has 10 heteroatoms. The van der Waals surface area contributed by atoms with Gasteiger partial charge >= 0.3 is 6.03 Å². The smallest absolute Gasteiger partial charge is 0.340 e. The Bertz CT molecular complexity index is 561. The van der Waals surface area contributed by atoms with E-state index >= 15 is 0 Å². The summed E-state index contributed by atoms with van der Waals surface area (Å²) in [6.45, 7) is 1.21. The van der Waals surface area contributed by atoms with Crippen molar-refractivity contribution in [2.45, 2.75) is 13.0 Å². The number of nitrogens with one attached hydrogen (secondary N) is 1. The average molecular weight is 279 g/mol. The Morgan fingerprint density at radius 1 is 1.40 bits per heavy atom. The number of H-pyrrole nitrogens is 1. The number of guanidine groups is 1. The van der Waals surface area contributed by atoms with E-state index in [4.69, 9.17) is 17.3 Å². The molecule has 0 aromatic carbocycles. The van der Waals surface area contributed by atoms with Gasteiger partial charge in [0.2, 0.25) is 5.96 Å². The Morgan fingerprint density at radius 3 is 2.75 bits per heavy atom. The molecule has 2 aliphatic heterocycles. The summed E-state index contributed by atoms with van der Waals surface area (Å²) < 4.78 is 0. The SMILES string of the molecule is CN1Cc2[nH]cnc2N(N)C1=O.NC1=NC(N)=NCC1. The summed E-state index contributed by atoms with van der Waals surface area (Å²) in [5, 5.41) is 1.04. The third-order valence-electron chi connectivity index (χ3n) is 2.75. The quantitative estimate of drug-likeness (QED) is 0.344. The molecule has 20 heavy (non-hydrogen) atoms. The lowest BCUT2D eigenvalue weighted by Crippen LogP contribution is -2.49. The molecular formula is C10H17N9O. The normalized spacial score (nSPS) is 17.8. The highest BCUT2D eigenvalue weighted by atomic mass is 16.2. The van der Waals surface area contributed by atoms with Crippen molar-refractivity contribution in [1.82, 2.24) is 14.9 Å². The van der Waals surface area contributed by atoms with Crippen LogP contribution in [-0.2, 0) is 6.54 Å². The highest BCUT2D eigenvalue weighted by molar-refractivity contribution is 5.96. The highest BCUT2D eigenvalue weighted by Crippen LogP contribution is 2.20. The van der Waals surface area contributed by atoms with Crippen molar-refractivity contribution in [3.05, 3.63) is 12.0 Å². The topological polar surface area (TPSA) is 155 Å². The summed E-state index contributed by atoms with van der Waals surface area (Å²) in [6, 6.07) is -0.241. The summed E-state index contributed by atoms with van der Waals surface area (Å²) in [5.41, 5.74) is 11.4. The van der Waals surface area contributed by atoms with E-state index in [0.29, 0.717) is 30.7 Å². The monoisotopic (exact) mass is 279 g/mol. The molecule has 0 fully saturated rings. The molecule has 10 nitrogen and oxygen atoms in total. The fourth-order valence-electron chi connectivity index (χ4n) is 1.74. The van der Waals surface area contributed by atoms with Crippen LogP contribution in [0.25, 0.3) is 0 Å². The summed E-state index contributed by atoms with van der Waals surface area (Å²) in [4.78, 5) is 27.1. The molecular weight excluding hydrogens is 262 g/mol. The van der Waals surface area contributed by atoms with Gasteiger partial charge in [0.25, 0.3) is 0 Å². The number of hydrogen-bond donors (Lipinski definition) is 4. The zero-order valence-electron chi connectivity index (χ0n) is 11.1. The lowest BCUT2D eigenvalue weighted by Gasteiger charge is -2.28. The first-order chi connectivity index (χ1) is 9.49. The predicted molar refractivity (Wildman–Crippen MR) is 74.8 cm³/mol. The third-order valence-corrected chi connectivity index (χ3v) is 2.75. The first-order valence-electron chi connectivity index (χ1n) is 5.94. The molecule has 0 bridgehead atoms. The summed E-state index contributed by atoms with van der Waals surface area (Å²) in [7, 11) is 1.69. The van der Waals surface area contributed by atoms with Gasteiger partial charge in [-0.25, -0.2) is 25.6 Å². The number of fused-ring (bicyclic) bond motifs is 1. The lowest BCUT2D eigenvalue weighted by atomic mass is 10.3. The van der Waals surface area contributed by atoms with E-state index in [-0.39, 0.29) is 6.03 Å². The molecule has 0 unspecified atom stereocenters. The second kappa shape index (κ2) is 5.57. The number of carbonyl (C=O) groups is 1. The van der Waals surface area contributed by atoms with E-state index < -0.39 is 0 Å². The fourth-order valence-corrected chi connectivity index (χ4v) is 1.74. The van der Waals surface area contributed by atoms with Crippen LogP contribution in [0.2, 0.25) is 0 Å². The number of aromatic nitrogens is 2. The average Bonchev–Trinajstić information content (AvgIpc) is 2.85. The maximum atomic E-state index is 11.3. The lowest BCUT2D eigenvalue weighted by molar-refractivity contribution is 0.210. The van der Waals surface area contributed by atoms with Gasteiger partial charge < -0.3 is 21.4 Å². The summed E-state index contributed by atoms with van der Waals surface area (Å²) in [6.07, 6.45) is 2.26. The van der Waals surface area contributed by atoms with E-state index in [1.54, 1.807) is 7.05 Å². The molecule has 2 aliphatic rings. The molecule has 0 saturated carbocycles. The minimum atomic E-state index is -0.241. The number of nitrogens with two attached hydrogens (primary N) is 3. The van der Waals surface area contributed by atoms with Gasteiger partial charge in [-0.3, -0.25) is 4.99 Å². The van der Waals surface area contributed by atoms with Crippen molar-refractivity contribution in [2.75, 3.05) is 18.6 Å². The van der Waals surface area contributed by atoms with Gasteiger partial charge in [0.1, 0.15) is 5.84 Å². The van der Waals surface area contributed by atoms with Crippen molar-refractivity contribution in [2.24, 2.45) is 27.3 Å². The van der Waals surface area contributed by atoms with Gasteiger partial charge in [-0.2, -0.15) is 0 Å². The summed E-state index contributed by atoms with van der Waals surface area (Å²) >= 11 is 0. The Morgan fingerprint density at radius 2 is 2.15 bits per heavy atom. The van der Waals surface area contributed by atoms with Gasteiger partial charge in [-0.1, -0.05) is 0 Å². The van der Waals surface area contributed by atoms with E-state index in [1.165, 1.54) is 11.2 Å². The van der Waals surface area contributed by atoms with Gasteiger partial charge in [-0.05, 0) is 0 Å². The molecule has 3 rings (SSSR count). The van der Waals surface area contributed by atoms with Crippen molar-refractivity contribution in [3.8, 4) is 0 Å². The number of aromatic amines is 1. The minimum Gasteiger partial charge on any atom is -0.387 e. The van der Waals surface area contributed by atoms with Gasteiger partial charge in [0, 0.05) is 20.0 Å². The van der Waals surface area contributed by atoms with Crippen LogP contribution in [0.15, 0.2) is 16.3 Å². The number of rotatable bonds is 0. The Balaban J connectivity index is 0.000000160. The number of anilines is 1. The molecule has 7 N–H and O–H groups in total. The van der Waals surface area contributed by atoms with E-state index in [2.05, 4.69) is 20.0 Å². The van der Waals surface area contributed by atoms with Gasteiger partial charge in [0.05, 0.1) is 18.6 Å². The third kappa shape index (κ3) is 2.85. The van der Waals surface area contributed by atoms with E-state index in [0.717, 1.165) is 17.1 Å². The van der Waals surface area contributed by atoms with Crippen molar-refractivity contribution in [3.63, 3.8) is 0 Å². The molecule has 1 aromatic heterocycles. The molecule has 0 spiro atoms.